The number of rotatable bonds is 3. The van der Waals surface area contributed by atoms with Gasteiger partial charge in [-0.2, -0.15) is 0 Å². The van der Waals surface area contributed by atoms with Gasteiger partial charge in [-0.15, -0.1) is 12.3 Å². The Morgan fingerprint density at radius 3 is 2.43 bits per heavy atom. The summed E-state index contributed by atoms with van der Waals surface area (Å²) in [5.74, 6) is 12.9. The normalized spacial score (nSPS) is 7.36. The van der Waals surface area contributed by atoms with Crippen LogP contribution in [0.4, 0.5) is 0 Å². The van der Waals surface area contributed by atoms with Gasteiger partial charge in [-0.05, 0) is 6.42 Å². The van der Waals surface area contributed by atoms with E-state index >= 15 is 0 Å². The molecular weight excluding hydrogens is 176 g/mol. The molecule has 0 saturated heterocycles. The van der Waals surface area contributed by atoms with Gasteiger partial charge in [0, 0.05) is 12.8 Å². The molecule has 0 aliphatic heterocycles. The smallest absolute Gasteiger partial charge is 0.303 e. The molecule has 2 nitrogen and oxygen atoms in total. The van der Waals surface area contributed by atoms with Gasteiger partial charge in [0.1, 0.15) is 0 Å². The highest BCUT2D eigenvalue weighted by Gasteiger charge is 1.92. The van der Waals surface area contributed by atoms with Crippen molar-refractivity contribution in [1.82, 2.24) is 0 Å². The van der Waals surface area contributed by atoms with Crippen LogP contribution in [0.5, 0.6) is 0 Å². The van der Waals surface area contributed by atoms with E-state index in [0.717, 1.165) is 0 Å². The molecule has 0 saturated carbocycles. The van der Waals surface area contributed by atoms with Crippen molar-refractivity contribution < 1.29 is 9.90 Å². The van der Waals surface area contributed by atoms with Gasteiger partial charge in [0.25, 0.3) is 0 Å². The van der Waals surface area contributed by atoms with Crippen LogP contribution in [0.15, 0.2) is 0 Å². The summed E-state index contributed by atoms with van der Waals surface area (Å²) < 4.78 is 0. The van der Waals surface area contributed by atoms with E-state index in [9.17, 15) is 4.79 Å². The Morgan fingerprint density at radius 1 is 1.14 bits per heavy atom. The minimum Gasteiger partial charge on any atom is -0.481 e. The Labute approximate surface area is 84.7 Å². The Balaban J connectivity index is 3.42. The predicted octanol–water partition coefficient (Wildman–Crippen LogP) is 1.66. The molecule has 0 rings (SSSR count). The average Bonchev–Trinajstić information content (AvgIpc) is 2.15. The lowest BCUT2D eigenvalue weighted by molar-refractivity contribution is -0.137. The quantitative estimate of drug-likeness (QED) is 0.540. The molecule has 0 aliphatic rings. The molecule has 0 aromatic carbocycles. The zero-order chi connectivity index (χ0) is 10.6. The first kappa shape index (κ1) is 12.2. The number of aliphatic carboxylic acids is 1. The van der Waals surface area contributed by atoms with Crippen molar-refractivity contribution in [2.75, 3.05) is 0 Å². The second-order valence-corrected chi connectivity index (χ2v) is 2.51. The van der Waals surface area contributed by atoms with Gasteiger partial charge in [-0.25, -0.2) is 0 Å². The van der Waals surface area contributed by atoms with Gasteiger partial charge in [-0.1, -0.05) is 23.7 Å². The second-order valence-electron chi connectivity index (χ2n) is 2.51. The minimum absolute atomic E-state index is 0.178. The fraction of sp³-hybridized carbons (Fsp3) is 0.417. The molecule has 0 aromatic rings. The first-order valence-electron chi connectivity index (χ1n) is 4.34. The number of hydrogen-bond acceptors (Lipinski definition) is 1. The highest BCUT2D eigenvalue weighted by molar-refractivity contribution is 5.66. The highest BCUT2D eigenvalue weighted by Crippen LogP contribution is 1.92. The van der Waals surface area contributed by atoms with Crippen molar-refractivity contribution in [1.29, 1.82) is 0 Å². The molecule has 0 unspecified atom stereocenters. The van der Waals surface area contributed by atoms with E-state index in [2.05, 4.69) is 29.6 Å². The van der Waals surface area contributed by atoms with Gasteiger partial charge in [0.05, 0.1) is 12.8 Å². The van der Waals surface area contributed by atoms with E-state index in [-0.39, 0.29) is 6.42 Å². The zero-order valence-corrected chi connectivity index (χ0v) is 7.97. The van der Waals surface area contributed by atoms with E-state index in [0.29, 0.717) is 25.7 Å². The van der Waals surface area contributed by atoms with Crippen LogP contribution in [-0.4, -0.2) is 11.1 Å². The highest BCUT2D eigenvalue weighted by atomic mass is 16.4. The van der Waals surface area contributed by atoms with Crippen LogP contribution in [0.3, 0.4) is 0 Å². The summed E-state index contributed by atoms with van der Waals surface area (Å²) >= 11 is 0. The fourth-order valence-corrected chi connectivity index (χ4v) is 0.699. The maximum atomic E-state index is 10.1. The van der Waals surface area contributed by atoms with Crippen LogP contribution < -0.4 is 0 Å². The molecule has 0 heterocycles. The standard InChI is InChI=1S/C12H12O2/c1-2-3-4-5-6-7-8-9-10-11-12(13)14/h1H,3,6,9-11H2,(H,13,14). The molecule has 0 radical (unpaired) electrons. The van der Waals surface area contributed by atoms with Crippen molar-refractivity contribution >= 4 is 5.97 Å². The molecular formula is C12H12O2. The van der Waals surface area contributed by atoms with Crippen LogP contribution in [0.1, 0.15) is 32.1 Å². The molecule has 0 fully saturated rings. The van der Waals surface area contributed by atoms with E-state index < -0.39 is 5.97 Å². The summed E-state index contributed by atoms with van der Waals surface area (Å²) in [4.78, 5) is 10.1. The molecule has 0 spiro atoms. The molecule has 0 bridgehead atoms. The first-order chi connectivity index (χ1) is 6.77. The van der Waals surface area contributed by atoms with Crippen LogP contribution in [-0.2, 0) is 4.79 Å². The lowest BCUT2D eigenvalue weighted by Crippen LogP contribution is -1.92. The Bertz CT molecular complexity index is 325. The molecule has 0 atom stereocenters. The fourth-order valence-electron chi connectivity index (χ4n) is 0.699. The Morgan fingerprint density at radius 2 is 1.79 bits per heavy atom. The van der Waals surface area contributed by atoms with Crippen LogP contribution in [0.2, 0.25) is 0 Å². The van der Waals surface area contributed by atoms with E-state index in [1.807, 2.05) is 0 Å². The summed E-state index contributed by atoms with van der Waals surface area (Å²) in [5, 5.41) is 8.32. The number of carboxylic acid groups (broad SMARTS) is 1. The lowest BCUT2D eigenvalue weighted by Gasteiger charge is -1.86. The molecule has 0 amide bonds. The topological polar surface area (TPSA) is 37.3 Å². The van der Waals surface area contributed by atoms with Crippen molar-refractivity contribution in [3.8, 4) is 36.0 Å². The Hall–Kier alpha value is -1.85. The second kappa shape index (κ2) is 9.24. The number of carbonyl (C=O) groups is 1. The molecule has 2 heteroatoms. The first-order valence-corrected chi connectivity index (χ1v) is 4.34. The van der Waals surface area contributed by atoms with Gasteiger partial charge in [-0.3, -0.25) is 4.79 Å². The van der Waals surface area contributed by atoms with Gasteiger partial charge in [0.2, 0.25) is 0 Å². The third kappa shape index (κ3) is 10.2. The largest absolute Gasteiger partial charge is 0.481 e. The molecule has 0 aliphatic carbocycles. The van der Waals surface area contributed by atoms with E-state index in [1.54, 1.807) is 0 Å². The number of carboxylic acids is 1. The minimum atomic E-state index is -0.777. The number of terminal acetylenes is 1. The maximum absolute atomic E-state index is 10.1. The number of hydrogen-bond donors (Lipinski definition) is 1. The third-order valence-corrected chi connectivity index (χ3v) is 1.31. The van der Waals surface area contributed by atoms with Crippen molar-refractivity contribution in [2.24, 2.45) is 0 Å². The number of unbranched alkanes of at least 4 members (excludes halogenated alkanes) is 1. The molecule has 14 heavy (non-hydrogen) atoms. The summed E-state index contributed by atoms with van der Waals surface area (Å²) in [7, 11) is 0. The van der Waals surface area contributed by atoms with Gasteiger partial charge >= 0.3 is 5.97 Å². The van der Waals surface area contributed by atoms with Gasteiger partial charge < -0.3 is 5.11 Å². The third-order valence-electron chi connectivity index (χ3n) is 1.31. The van der Waals surface area contributed by atoms with Gasteiger partial charge in [0.15, 0.2) is 0 Å². The summed E-state index contributed by atoms with van der Waals surface area (Å²) in [5.41, 5.74) is 0. The average molecular weight is 188 g/mol. The summed E-state index contributed by atoms with van der Waals surface area (Å²) in [6.45, 7) is 0. The van der Waals surface area contributed by atoms with Crippen molar-refractivity contribution in [3.05, 3.63) is 0 Å². The van der Waals surface area contributed by atoms with Crippen molar-refractivity contribution in [3.63, 3.8) is 0 Å². The predicted molar refractivity (Wildman–Crippen MR) is 55.1 cm³/mol. The van der Waals surface area contributed by atoms with E-state index in [1.165, 1.54) is 0 Å². The lowest BCUT2D eigenvalue weighted by atomic mass is 10.2. The summed E-state index contributed by atoms with van der Waals surface area (Å²) in [6, 6.07) is 0. The molecule has 0 aromatic heterocycles. The monoisotopic (exact) mass is 188 g/mol. The van der Waals surface area contributed by atoms with Crippen LogP contribution in [0.25, 0.3) is 0 Å². The maximum Gasteiger partial charge on any atom is 0.303 e. The van der Waals surface area contributed by atoms with E-state index in [4.69, 9.17) is 11.5 Å². The van der Waals surface area contributed by atoms with Crippen LogP contribution >= 0.6 is 0 Å². The molecule has 72 valence electrons. The Kier molecular flexibility index (Phi) is 8.02. The zero-order valence-electron chi connectivity index (χ0n) is 7.97. The van der Waals surface area contributed by atoms with Crippen molar-refractivity contribution in [2.45, 2.75) is 32.1 Å². The SMILES string of the molecule is C#CCC#CCC#CCCCC(=O)O. The molecule has 1 N–H and O–H groups in total. The van der Waals surface area contributed by atoms with Crippen LogP contribution in [0, 0.1) is 36.0 Å². The summed E-state index contributed by atoms with van der Waals surface area (Å²) in [6.07, 6.45) is 7.35.